The highest BCUT2D eigenvalue weighted by molar-refractivity contribution is 7.80. The number of hydrogen-bond donors (Lipinski definition) is 3. The number of pyridine rings is 1. The second-order valence-electron chi connectivity index (χ2n) is 8.60. The van der Waals surface area contributed by atoms with Gasteiger partial charge in [0, 0.05) is 41.9 Å². The Morgan fingerprint density at radius 2 is 1.89 bits per heavy atom. The fourth-order valence-corrected chi connectivity index (χ4v) is 4.93. The fraction of sp³-hybridized carbons (Fsp3) is 0.179. The molecule has 2 aromatic carbocycles. The molecule has 37 heavy (non-hydrogen) atoms. The Bertz CT molecular complexity index is 1420. The zero-order valence-corrected chi connectivity index (χ0v) is 21.3. The van der Waals surface area contributed by atoms with Gasteiger partial charge in [0.2, 0.25) is 5.91 Å². The van der Waals surface area contributed by atoms with Crippen LogP contribution < -0.4 is 20.3 Å². The molecule has 2 atom stereocenters. The van der Waals surface area contributed by atoms with Crippen molar-refractivity contribution in [2.45, 2.75) is 25.4 Å². The van der Waals surface area contributed by atoms with Crippen molar-refractivity contribution >= 4 is 34.6 Å². The molecule has 1 amide bonds. The summed E-state index contributed by atoms with van der Waals surface area (Å²) in [6.45, 7) is 1.80. The zero-order valence-electron chi connectivity index (χ0n) is 20.5. The minimum absolute atomic E-state index is 0.0933. The lowest BCUT2D eigenvalue weighted by Crippen LogP contribution is -2.30. The number of carbonyl (C=O) groups is 1. The van der Waals surface area contributed by atoms with E-state index in [1.165, 1.54) is 0 Å². The molecule has 3 heterocycles. The van der Waals surface area contributed by atoms with Gasteiger partial charge in [-0.3, -0.25) is 9.78 Å². The second kappa shape index (κ2) is 10.3. The number of nitrogens with zero attached hydrogens (tertiary/aromatic N) is 3. The lowest BCUT2D eigenvalue weighted by Gasteiger charge is -2.29. The van der Waals surface area contributed by atoms with E-state index in [9.17, 15) is 9.90 Å². The van der Waals surface area contributed by atoms with Crippen LogP contribution >= 0.6 is 12.2 Å². The van der Waals surface area contributed by atoms with Crippen LogP contribution in [0.4, 0.5) is 11.4 Å². The SMILES string of the molecule is CCC(=O)Nc1ccc(N2C(=S)N[C@@H](c3ccccn3)[C@H]2c2cccn2-c2ccc(O)cc2)cc1OC. The van der Waals surface area contributed by atoms with Crippen molar-refractivity contribution in [3.05, 3.63) is 96.6 Å². The highest BCUT2D eigenvalue weighted by Gasteiger charge is 2.42. The Morgan fingerprint density at radius 1 is 1.11 bits per heavy atom. The molecule has 9 heteroatoms. The summed E-state index contributed by atoms with van der Waals surface area (Å²) in [5.41, 5.74) is 4.16. The first-order valence-electron chi connectivity index (χ1n) is 12.0. The molecule has 0 saturated carbocycles. The van der Waals surface area contributed by atoms with Gasteiger partial charge >= 0.3 is 0 Å². The Labute approximate surface area is 220 Å². The summed E-state index contributed by atoms with van der Waals surface area (Å²) in [7, 11) is 1.57. The molecule has 0 bridgehead atoms. The summed E-state index contributed by atoms with van der Waals surface area (Å²) in [4.78, 5) is 18.7. The molecule has 0 radical (unpaired) electrons. The van der Waals surface area contributed by atoms with Crippen molar-refractivity contribution in [2.24, 2.45) is 0 Å². The van der Waals surface area contributed by atoms with E-state index in [0.717, 1.165) is 22.8 Å². The molecule has 1 fully saturated rings. The van der Waals surface area contributed by atoms with Crippen LogP contribution in [0.5, 0.6) is 11.5 Å². The summed E-state index contributed by atoms with van der Waals surface area (Å²) in [5, 5.41) is 16.7. The molecule has 8 nitrogen and oxygen atoms in total. The van der Waals surface area contributed by atoms with E-state index in [1.807, 2.05) is 60.8 Å². The summed E-state index contributed by atoms with van der Waals surface area (Å²) < 4.78 is 7.70. The number of ether oxygens (including phenoxy) is 1. The van der Waals surface area contributed by atoms with Crippen molar-refractivity contribution in [3.63, 3.8) is 0 Å². The lowest BCUT2D eigenvalue weighted by atomic mass is 10.0. The summed E-state index contributed by atoms with van der Waals surface area (Å²) in [6, 6.07) is 22.1. The molecular weight excluding hydrogens is 486 g/mol. The molecule has 1 aliphatic rings. The number of rotatable bonds is 7. The third kappa shape index (κ3) is 4.73. The molecule has 5 rings (SSSR count). The van der Waals surface area contributed by atoms with Crippen LogP contribution in [0.25, 0.3) is 5.69 Å². The average molecular weight is 514 g/mol. The molecule has 4 aromatic rings. The Kier molecular flexibility index (Phi) is 6.78. The predicted molar refractivity (Wildman–Crippen MR) is 147 cm³/mol. The number of hydrogen-bond acceptors (Lipinski definition) is 5. The van der Waals surface area contributed by atoms with Gasteiger partial charge in [0.1, 0.15) is 17.5 Å². The quantitative estimate of drug-likeness (QED) is 0.296. The van der Waals surface area contributed by atoms with Gasteiger partial charge in [-0.1, -0.05) is 13.0 Å². The van der Waals surface area contributed by atoms with Gasteiger partial charge in [-0.15, -0.1) is 0 Å². The molecule has 1 saturated heterocycles. The fourth-order valence-electron chi connectivity index (χ4n) is 4.59. The van der Waals surface area contributed by atoms with Gasteiger partial charge in [-0.05, 0) is 72.9 Å². The number of methoxy groups -OCH3 is 1. The van der Waals surface area contributed by atoms with Crippen molar-refractivity contribution < 1.29 is 14.6 Å². The Balaban J connectivity index is 1.62. The van der Waals surface area contributed by atoms with Crippen molar-refractivity contribution in [1.29, 1.82) is 0 Å². The first kappa shape index (κ1) is 24.3. The second-order valence-corrected chi connectivity index (χ2v) is 8.99. The smallest absolute Gasteiger partial charge is 0.224 e. The molecule has 0 aliphatic carbocycles. The average Bonchev–Trinajstić information content (AvgIpc) is 3.54. The van der Waals surface area contributed by atoms with E-state index in [2.05, 4.69) is 31.2 Å². The maximum absolute atomic E-state index is 12.0. The molecule has 188 valence electrons. The Hall–Kier alpha value is -4.37. The molecule has 0 spiro atoms. The van der Waals surface area contributed by atoms with Crippen LogP contribution in [0.1, 0.15) is 36.8 Å². The maximum Gasteiger partial charge on any atom is 0.224 e. The van der Waals surface area contributed by atoms with Crippen molar-refractivity contribution in [2.75, 3.05) is 17.3 Å². The third-order valence-corrected chi connectivity index (χ3v) is 6.68. The van der Waals surface area contributed by atoms with E-state index >= 15 is 0 Å². The van der Waals surface area contributed by atoms with Crippen molar-refractivity contribution in [1.82, 2.24) is 14.9 Å². The largest absolute Gasteiger partial charge is 0.508 e. The number of thiocarbonyl (C=S) groups is 1. The number of nitrogens with one attached hydrogen (secondary N) is 2. The standard InChI is InChI=1S/C28H27N5O3S/c1-3-25(35)30-21-14-11-19(17-24(21)36-2)33-27(26(31-28(33)37)22-7-4-5-15-29-22)23-8-6-16-32(23)18-9-12-20(34)13-10-18/h4-17,26-27,34H,3H2,1-2H3,(H,30,35)(H,31,37)/t26-,27+/m0/s1. The number of benzene rings is 2. The van der Waals surface area contributed by atoms with Crippen molar-refractivity contribution in [3.8, 4) is 17.2 Å². The molecule has 3 N–H and O–H groups in total. The summed E-state index contributed by atoms with van der Waals surface area (Å²) >= 11 is 5.86. The van der Waals surface area contributed by atoms with Crippen LogP contribution in [0.15, 0.2) is 85.2 Å². The van der Waals surface area contributed by atoms with Gasteiger partial charge in [0.05, 0.1) is 24.5 Å². The van der Waals surface area contributed by atoms with Crippen LogP contribution in [0.2, 0.25) is 0 Å². The van der Waals surface area contributed by atoms with E-state index < -0.39 is 0 Å². The number of carbonyl (C=O) groups excluding carboxylic acids is 1. The number of phenolic OH excluding ortho intramolecular Hbond substituents is 1. The van der Waals surface area contributed by atoms with Gasteiger partial charge in [-0.25, -0.2) is 0 Å². The van der Waals surface area contributed by atoms with Crippen LogP contribution in [-0.2, 0) is 4.79 Å². The monoisotopic (exact) mass is 513 g/mol. The molecule has 2 aromatic heterocycles. The van der Waals surface area contributed by atoms with Crippen LogP contribution in [-0.4, -0.2) is 32.8 Å². The zero-order chi connectivity index (χ0) is 25.9. The van der Waals surface area contributed by atoms with E-state index in [-0.39, 0.29) is 23.7 Å². The number of aromatic hydroxyl groups is 1. The third-order valence-electron chi connectivity index (χ3n) is 6.37. The number of amides is 1. The van der Waals surface area contributed by atoms with Gasteiger partial charge in [-0.2, -0.15) is 0 Å². The summed E-state index contributed by atoms with van der Waals surface area (Å²) in [5.74, 6) is 0.650. The van der Waals surface area contributed by atoms with Crippen LogP contribution in [0, 0.1) is 0 Å². The minimum Gasteiger partial charge on any atom is -0.508 e. The number of phenols is 1. The summed E-state index contributed by atoms with van der Waals surface area (Å²) in [6.07, 6.45) is 4.13. The number of anilines is 2. The van der Waals surface area contributed by atoms with Gasteiger partial charge < -0.3 is 29.9 Å². The normalized spacial score (nSPS) is 16.9. The first-order valence-corrected chi connectivity index (χ1v) is 12.4. The molecule has 1 aliphatic heterocycles. The van der Waals surface area contributed by atoms with E-state index in [4.69, 9.17) is 17.0 Å². The topological polar surface area (TPSA) is 91.7 Å². The first-order chi connectivity index (χ1) is 18.0. The highest BCUT2D eigenvalue weighted by atomic mass is 32.1. The maximum atomic E-state index is 12.0. The predicted octanol–water partition coefficient (Wildman–Crippen LogP) is 5.11. The Morgan fingerprint density at radius 3 is 2.59 bits per heavy atom. The highest BCUT2D eigenvalue weighted by Crippen LogP contribution is 2.44. The molecule has 0 unspecified atom stereocenters. The van der Waals surface area contributed by atoms with Gasteiger partial charge in [0.15, 0.2) is 5.11 Å². The molecular formula is C28H27N5O3S. The van der Waals surface area contributed by atoms with E-state index in [0.29, 0.717) is 23.0 Å². The van der Waals surface area contributed by atoms with E-state index in [1.54, 1.807) is 32.4 Å². The minimum atomic E-state index is -0.257. The van der Waals surface area contributed by atoms with Crippen LogP contribution in [0.3, 0.4) is 0 Å². The lowest BCUT2D eigenvalue weighted by molar-refractivity contribution is -0.115. The number of aromatic nitrogens is 2. The van der Waals surface area contributed by atoms with Gasteiger partial charge in [0.25, 0.3) is 0 Å².